The van der Waals surface area contributed by atoms with Crippen LogP contribution < -0.4 is 37.7 Å². The summed E-state index contributed by atoms with van der Waals surface area (Å²) in [4.78, 5) is 0. The van der Waals surface area contributed by atoms with Gasteiger partial charge < -0.3 is 4.72 Å². The number of nitrogens with zero attached hydrogens (tertiary/aromatic N) is 1. The van der Waals surface area contributed by atoms with Crippen LogP contribution in [0.25, 0.3) is 4.72 Å². The fourth-order valence-corrected chi connectivity index (χ4v) is 1.09. The molecule has 1 aromatic carbocycles. The van der Waals surface area contributed by atoms with Gasteiger partial charge in [-0.15, -0.1) is 5.69 Å². The summed E-state index contributed by atoms with van der Waals surface area (Å²) in [7, 11) is -3.50. The van der Waals surface area contributed by atoms with E-state index in [1.807, 2.05) is 0 Å². The molecule has 1 rings (SSSR count). The number of sulfonamides is 1. The second kappa shape index (κ2) is 6.59. The molecule has 3 nitrogen and oxygen atoms in total. The third kappa shape index (κ3) is 7.25. The van der Waals surface area contributed by atoms with Crippen molar-refractivity contribution in [2.24, 2.45) is 0 Å². The zero-order valence-electron chi connectivity index (χ0n) is 7.77. The van der Waals surface area contributed by atoms with Crippen molar-refractivity contribution in [3.05, 3.63) is 41.3 Å². The zero-order valence-corrected chi connectivity index (χ0v) is 8.58. The molecule has 13 heavy (non-hydrogen) atoms. The number of hydrogen-bond donors (Lipinski definition) is 0. The molecule has 0 saturated carbocycles. The van der Waals surface area contributed by atoms with Crippen LogP contribution in [0.15, 0.2) is 30.3 Å². The Balaban J connectivity index is 0. The third-order valence-corrected chi connectivity index (χ3v) is 1.49. The first-order valence-corrected chi connectivity index (χ1v) is 4.55. The van der Waals surface area contributed by atoms with Crippen LogP contribution in [0.1, 0.15) is 0 Å². The van der Waals surface area contributed by atoms with Gasteiger partial charge in [-0.25, -0.2) is 6.26 Å². The summed E-state index contributed by atoms with van der Waals surface area (Å²) in [6, 6.07) is 8.41. The van der Waals surface area contributed by atoms with Crippen LogP contribution in [0.5, 0.6) is 0 Å². The van der Waals surface area contributed by atoms with Crippen LogP contribution in [-0.4, -0.2) is 8.42 Å². The van der Waals surface area contributed by atoms with Crippen LogP contribution in [-0.2, 0) is 10.0 Å². The molecule has 0 spiro atoms. The molecule has 0 aromatic heterocycles. The standard InChI is InChI=1S/C7H7NO2S.2Li/c1-11(9,10)8-7-5-3-2-4-6-7;;/h2-6H,1H2;;/q-2;2*+1. The molecule has 60 valence electrons. The van der Waals surface area contributed by atoms with Crippen molar-refractivity contribution in [3.63, 3.8) is 0 Å². The van der Waals surface area contributed by atoms with E-state index in [4.69, 9.17) is 0 Å². The van der Waals surface area contributed by atoms with E-state index in [1.165, 1.54) is 0 Å². The van der Waals surface area contributed by atoms with Gasteiger partial charge in [-0.1, -0.05) is 30.3 Å². The second-order valence-electron chi connectivity index (χ2n) is 2.01. The quantitative estimate of drug-likeness (QED) is 0.345. The normalized spacial score (nSPS) is 9.31. The SMILES string of the molecule is [CH2-]S(=O)(=O)[N-]c1ccccc1.[Li+].[Li+]. The minimum Gasteiger partial charge on any atom is -0.604 e. The first-order chi connectivity index (χ1) is 5.08. The number of rotatable bonds is 2. The Morgan fingerprint density at radius 1 is 1.08 bits per heavy atom. The first kappa shape index (κ1) is 15.6. The summed E-state index contributed by atoms with van der Waals surface area (Å²) < 4.78 is 24.4. The fraction of sp³-hybridized carbons (Fsp3) is 0. The van der Waals surface area contributed by atoms with Gasteiger partial charge in [0.15, 0.2) is 0 Å². The van der Waals surface area contributed by atoms with E-state index >= 15 is 0 Å². The molecule has 1 aromatic rings. The maximum absolute atomic E-state index is 10.5. The summed E-state index contributed by atoms with van der Waals surface area (Å²) in [6.07, 6.45) is 2.87. The molecule has 0 aliphatic rings. The molecule has 0 radical (unpaired) electrons. The fourth-order valence-electron chi connectivity index (χ4n) is 0.649. The van der Waals surface area contributed by atoms with Crippen molar-refractivity contribution < 1.29 is 46.1 Å². The van der Waals surface area contributed by atoms with Crippen LogP contribution in [0.3, 0.4) is 0 Å². The van der Waals surface area contributed by atoms with Crippen molar-refractivity contribution >= 4 is 15.7 Å². The van der Waals surface area contributed by atoms with Gasteiger partial charge >= 0.3 is 37.7 Å². The molecule has 6 heteroatoms. The van der Waals surface area contributed by atoms with Crippen molar-refractivity contribution in [3.8, 4) is 0 Å². The monoisotopic (exact) mass is 183 g/mol. The maximum Gasteiger partial charge on any atom is 1.00 e. The Hall–Kier alpha value is 0.165. The Labute approximate surface area is 103 Å². The van der Waals surface area contributed by atoms with Crippen molar-refractivity contribution in [2.45, 2.75) is 0 Å². The van der Waals surface area contributed by atoms with Gasteiger partial charge in [0.1, 0.15) is 0 Å². The molecular formula is C7H7Li2NO2S. The zero-order chi connectivity index (χ0) is 8.32. The van der Waals surface area contributed by atoms with Gasteiger partial charge in [-0.05, 0) is 10.0 Å². The predicted molar refractivity (Wildman–Crippen MR) is 43.7 cm³/mol. The van der Waals surface area contributed by atoms with Crippen molar-refractivity contribution in [2.75, 3.05) is 0 Å². The van der Waals surface area contributed by atoms with E-state index in [-0.39, 0.29) is 37.7 Å². The minimum absolute atomic E-state index is 0. The van der Waals surface area contributed by atoms with Crippen LogP contribution in [0.4, 0.5) is 5.69 Å². The molecular weight excluding hydrogens is 176 g/mol. The first-order valence-electron chi connectivity index (χ1n) is 2.94. The smallest absolute Gasteiger partial charge is 0.604 e. The van der Waals surface area contributed by atoms with Gasteiger partial charge in [0, 0.05) is 0 Å². The third-order valence-electron chi connectivity index (χ3n) is 1.00. The molecule has 0 aliphatic heterocycles. The molecule has 0 heterocycles. The number of hydrogen-bond acceptors (Lipinski definition) is 2. The average Bonchev–Trinajstić information content (AvgIpc) is 1.85. The van der Waals surface area contributed by atoms with Crippen molar-refractivity contribution in [1.29, 1.82) is 0 Å². The van der Waals surface area contributed by atoms with Crippen LogP contribution >= 0.6 is 0 Å². The molecule has 0 saturated heterocycles. The Kier molecular flexibility index (Phi) is 7.93. The van der Waals surface area contributed by atoms with E-state index in [2.05, 4.69) is 11.0 Å². The molecule has 0 unspecified atom stereocenters. The molecule has 0 aliphatic carbocycles. The van der Waals surface area contributed by atoms with E-state index in [0.29, 0.717) is 5.69 Å². The Morgan fingerprint density at radius 3 is 1.92 bits per heavy atom. The maximum atomic E-state index is 10.5. The predicted octanol–water partition coefficient (Wildman–Crippen LogP) is -4.18. The average molecular weight is 183 g/mol. The van der Waals surface area contributed by atoms with Crippen LogP contribution in [0.2, 0.25) is 0 Å². The molecule has 0 bridgehead atoms. The molecule has 0 atom stereocenters. The summed E-state index contributed by atoms with van der Waals surface area (Å²) >= 11 is 0. The van der Waals surface area contributed by atoms with E-state index in [9.17, 15) is 8.42 Å². The van der Waals surface area contributed by atoms with Crippen molar-refractivity contribution in [1.82, 2.24) is 0 Å². The van der Waals surface area contributed by atoms with E-state index in [1.54, 1.807) is 30.3 Å². The van der Waals surface area contributed by atoms with E-state index < -0.39 is 10.0 Å². The Bertz CT molecular complexity index is 326. The molecule has 0 N–H and O–H groups in total. The summed E-state index contributed by atoms with van der Waals surface area (Å²) in [5, 5.41) is 0. The summed E-state index contributed by atoms with van der Waals surface area (Å²) in [6.45, 7) is 0. The van der Waals surface area contributed by atoms with Gasteiger partial charge in [0.2, 0.25) is 0 Å². The summed E-state index contributed by atoms with van der Waals surface area (Å²) in [5.74, 6) is 0. The van der Waals surface area contributed by atoms with Gasteiger partial charge in [0.25, 0.3) is 0 Å². The Morgan fingerprint density at radius 2 is 1.54 bits per heavy atom. The largest absolute Gasteiger partial charge is 1.00 e. The van der Waals surface area contributed by atoms with Gasteiger partial charge in [-0.3, -0.25) is 8.42 Å². The topological polar surface area (TPSA) is 48.2 Å². The van der Waals surface area contributed by atoms with E-state index in [0.717, 1.165) is 0 Å². The van der Waals surface area contributed by atoms with Gasteiger partial charge in [0.05, 0.1) is 0 Å². The van der Waals surface area contributed by atoms with Crippen LogP contribution in [0, 0.1) is 6.26 Å². The molecule has 0 amide bonds. The number of benzene rings is 1. The second-order valence-corrected chi connectivity index (χ2v) is 3.36. The van der Waals surface area contributed by atoms with Gasteiger partial charge in [-0.2, -0.15) is 0 Å². The minimum atomic E-state index is -3.50. The molecule has 0 fully saturated rings. The summed E-state index contributed by atoms with van der Waals surface area (Å²) in [5.41, 5.74) is 0.405.